The molecule has 130 valence electrons. The first-order valence-corrected chi connectivity index (χ1v) is 8.60. The molecular formula is C19H27N3O2. The summed E-state index contributed by atoms with van der Waals surface area (Å²) < 4.78 is 13.4. The second kappa shape index (κ2) is 7.81. The number of aromatic nitrogens is 2. The van der Waals surface area contributed by atoms with Crippen LogP contribution in [0.1, 0.15) is 29.7 Å². The molecule has 5 heteroatoms. The van der Waals surface area contributed by atoms with Crippen LogP contribution in [0.5, 0.6) is 5.75 Å². The van der Waals surface area contributed by atoms with Crippen LogP contribution in [0.2, 0.25) is 0 Å². The predicted octanol–water partition coefficient (Wildman–Crippen LogP) is 2.92. The van der Waals surface area contributed by atoms with Gasteiger partial charge >= 0.3 is 0 Å². The van der Waals surface area contributed by atoms with E-state index in [0.717, 1.165) is 49.5 Å². The van der Waals surface area contributed by atoms with Crippen molar-refractivity contribution in [2.45, 2.75) is 39.0 Å². The molecule has 0 atom stereocenters. The molecule has 5 nitrogen and oxygen atoms in total. The van der Waals surface area contributed by atoms with Crippen LogP contribution in [0.15, 0.2) is 30.5 Å². The topological polar surface area (TPSA) is 39.5 Å². The largest absolute Gasteiger partial charge is 0.496 e. The molecule has 3 rings (SSSR count). The van der Waals surface area contributed by atoms with Gasteiger partial charge in [-0.15, -0.1) is 0 Å². The Morgan fingerprint density at radius 2 is 1.92 bits per heavy atom. The van der Waals surface area contributed by atoms with Gasteiger partial charge in [-0.2, -0.15) is 5.10 Å². The van der Waals surface area contributed by atoms with E-state index in [0.29, 0.717) is 12.7 Å². The minimum Gasteiger partial charge on any atom is -0.496 e. The third kappa shape index (κ3) is 4.16. The van der Waals surface area contributed by atoms with Crippen LogP contribution in [0.25, 0.3) is 0 Å². The van der Waals surface area contributed by atoms with Gasteiger partial charge in [0.05, 0.1) is 25.5 Å². The molecule has 1 saturated heterocycles. The van der Waals surface area contributed by atoms with Crippen molar-refractivity contribution in [3.05, 3.63) is 47.3 Å². The van der Waals surface area contributed by atoms with Crippen molar-refractivity contribution in [1.82, 2.24) is 14.7 Å². The van der Waals surface area contributed by atoms with E-state index in [1.54, 1.807) is 7.11 Å². The van der Waals surface area contributed by atoms with Gasteiger partial charge in [0.15, 0.2) is 0 Å². The molecule has 1 aliphatic heterocycles. The van der Waals surface area contributed by atoms with E-state index in [9.17, 15) is 0 Å². The molecule has 1 aromatic heterocycles. The number of rotatable bonds is 6. The summed E-state index contributed by atoms with van der Waals surface area (Å²) in [5.41, 5.74) is 3.58. The van der Waals surface area contributed by atoms with Crippen LogP contribution in [-0.2, 0) is 24.9 Å². The van der Waals surface area contributed by atoms with Crippen molar-refractivity contribution < 1.29 is 9.47 Å². The number of nitrogens with zero attached hydrogens (tertiary/aromatic N) is 3. The highest BCUT2D eigenvalue weighted by Gasteiger charge is 2.21. The molecule has 0 bridgehead atoms. The summed E-state index contributed by atoms with van der Waals surface area (Å²) in [6.45, 7) is 5.84. The second-order valence-electron chi connectivity index (χ2n) is 6.51. The summed E-state index contributed by atoms with van der Waals surface area (Å²) in [7, 11) is 3.69. The first-order chi connectivity index (χ1) is 11.7. The maximum absolute atomic E-state index is 6.11. The first-order valence-electron chi connectivity index (χ1n) is 8.60. The highest BCUT2D eigenvalue weighted by Crippen LogP contribution is 2.22. The summed E-state index contributed by atoms with van der Waals surface area (Å²) in [5, 5.41) is 4.42. The number of hydrogen-bond donors (Lipinski definition) is 0. The molecule has 1 aliphatic rings. The van der Waals surface area contributed by atoms with Crippen molar-refractivity contribution in [2.75, 3.05) is 20.2 Å². The highest BCUT2D eigenvalue weighted by atomic mass is 16.5. The molecule has 0 saturated carbocycles. The molecule has 0 aliphatic carbocycles. The standard InChI is InChI=1S/C19H27N3O2/c1-15-17(12-21(2)20-15)13-22-10-8-18(9-11-22)24-14-16-6-4-5-7-19(16)23-3/h4-7,12,18H,8-11,13-14H2,1-3H3. The van der Waals surface area contributed by atoms with Crippen LogP contribution >= 0.6 is 0 Å². The third-order valence-electron chi connectivity index (χ3n) is 4.71. The molecule has 0 spiro atoms. The number of likely N-dealkylation sites (tertiary alicyclic amines) is 1. The van der Waals surface area contributed by atoms with E-state index in [-0.39, 0.29) is 0 Å². The molecule has 0 N–H and O–H groups in total. The third-order valence-corrected chi connectivity index (χ3v) is 4.71. The van der Waals surface area contributed by atoms with Gasteiger partial charge in [0.25, 0.3) is 0 Å². The fourth-order valence-corrected chi connectivity index (χ4v) is 3.31. The van der Waals surface area contributed by atoms with Gasteiger partial charge in [-0.3, -0.25) is 9.58 Å². The molecule has 1 aromatic carbocycles. The van der Waals surface area contributed by atoms with Crippen molar-refractivity contribution in [3.8, 4) is 5.75 Å². The summed E-state index contributed by atoms with van der Waals surface area (Å²) >= 11 is 0. The Hall–Kier alpha value is -1.85. The Kier molecular flexibility index (Phi) is 5.53. The maximum Gasteiger partial charge on any atom is 0.124 e. The number of benzene rings is 1. The molecule has 0 amide bonds. The van der Waals surface area contributed by atoms with Gasteiger partial charge in [0, 0.05) is 44.0 Å². The zero-order valence-electron chi connectivity index (χ0n) is 14.9. The number of methoxy groups -OCH3 is 1. The molecule has 0 radical (unpaired) electrons. The Bertz CT molecular complexity index is 660. The Morgan fingerprint density at radius 1 is 1.17 bits per heavy atom. The fraction of sp³-hybridized carbons (Fsp3) is 0.526. The van der Waals surface area contributed by atoms with Crippen LogP contribution in [0, 0.1) is 6.92 Å². The van der Waals surface area contributed by atoms with Gasteiger partial charge in [0.1, 0.15) is 5.75 Å². The van der Waals surface area contributed by atoms with Crippen molar-refractivity contribution in [3.63, 3.8) is 0 Å². The zero-order chi connectivity index (χ0) is 16.9. The van der Waals surface area contributed by atoms with E-state index >= 15 is 0 Å². The van der Waals surface area contributed by atoms with Gasteiger partial charge in [-0.05, 0) is 25.8 Å². The van der Waals surface area contributed by atoms with E-state index in [4.69, 9.17) is 9.47 Å². The quantitative estimate of drug-likeness (QED) is 0.817. The average molecular weight is 329 g/mol. The maximum atomic E-state index is 6.11. The van der Waals surface area contributed by atoms with Gasteiger partial charge in [-0.1, -0.05) is 18.2 Å². The smallest absolute Gasteiger partial charge is 0.124 e. The number of para-hydroxylation sites is 1. The van der Waals surface area contributed by atoms with E-state index in [1.165, 1.54) is 5.56 Å². The Balaban J connectivity index is 1.46. The van der Waals surface area contributed by atoms with Crippen LogP contribution in [0.3, 0.4) is 0 Å². The van der Waals surface area contributed by atoms with Crippen LogP contribution in [-0.4, -0.2) is 41.0 Å². The number of hydrogen-bond acceptors (Lipinski definition) is 4. The lowest BCUT2D eigenvalue weighted by Crippen LogP contribution is -2.36. The lowest BCUT2D eigenvalue weighted by Gasteiger charge is -2.31. The Morgan fingerprint density at radius 3 is 2.58 bits per heavy atom. The molecule has 24 heavy (non-hydrogen) atoms. The minimum atomic E-state index is 0.334. The lowest BCUT2D eigenvalue weighted by molar-refractivity contribution is -0.00459. The van der Waals surface area contributed by atoms with Gasteiger partial charge in [0.2, 0.25) is 0 Å². The van der Waals surface area contributed by atoms with Gasteiger partial charge in [-0.25, -0.2) is 0 Å². The van der Waals surface area contributed by atoms with Gasteiger partial charge < -0.3 is 9.47 Å². The normalized spacial score (nSPS) is 16.5. The summed E-state index contributed by atoms with van der Waals surface area (Å²) in [6.07, 6.45) is 4.61. The predicted molar refractivity (Wildman–Crippen MR) is 94.0 cm³/mol. The molecule has 2 aromatic rings. The lowest BCUT2D eigenvalue weighted by atomic mass is 10.1. The summed E-state index contributed by atoms with van der Waals surface area (Å²) in [6, 6.07) is 8.07. The van der Waals surface area contributed by atoms with Crippen LogP contribution < -0.4 is 4.74 Å². The number of aryl methyl sites for hydroxylation is 2. The molecule has 1 fully saturated rings. The van der Waals surface area contributed by atoms with Crippen molar-refractivity contribution in [2.24, 2.45) is 7.05 Å². The number of ether oxygens (including phenoxy) is 2. The summed E-state index contributed by atoms with van der Waals surface area (Å²) in [4.78, 5) is 2.49. The van der Waals surface area contributed by atoms with Crippen molar-refractivity contribution in [1.29, 1.82) is 0 Å². The number of piperidine rings is 1. The monoisotopic (exact) mass is 329 g/mol. The average Bonchev–Trinajstić information content (AvgIpc) is 2.91. The Labute approximate surface area is 144 Å². The van der Waals surface area contributed by atoms with Crippen LogP contribution in [0.4, 0.5) is 0 Å². The van der Waals surface area contributed by atoms with Crippen molar-refractivity contribution >= 4 is 0 Å². The highest BCUT2D eigenvalue weighted by molar-refractivity contribution is 5.32. The second-order valence-corrected chi connectivity index (χ2v) is 6.51. The van der Waals surface area contributed by atoms with E-state index < -0.39 is 0 Å². The molecule has 2 heterocycles. The zero-order valence-corrected chi connectivity index (χ0v) is 14.9. The summed E-state index contributed by atoms with van der Waals surface area (Å²) in [5.74, 6) is 0.905. The molecular weight excluding hydrogens is 302 g/mol. The first kappa shape index (κ1) is 17.0. The molecule has 0 unspecified atom stereocenters. The van der Waals surface area contributed by atoms with E-state index in [1.807, 2.05) is 29.9 Å². The van der Waals surface area contributed by atoms with E-state index in [2.05, 4.69) is 29.2 Å². The fourth-order valence-electron chi connectivity index (χ4n) is 3.31. The minimum absolute atomic E-state index is 0.334. The SMILES string of the molecule is COc1ccccc1COC1CCN(Cc2cn(C)nc2C)CC1.